The van der Waals surface area contributed by atoms with Crippen molar-refractivity contribution in [2.24, 2.45) is 0 Å². The fraction of sp³-hybridized carbons (Fsp3) is 0.609. The fourth-order valence-electron chi connectivity index (χ4n) is 3.90. The maximum Gasteiger partial charge on any atom is 0.303 e. The summed E-state index contributed by atoms with van der Waals surface area (Å²) in [5, 5.41) is 2.62. The molecule has 3 heterocycles. The molecule has 38 heavy (non-hydrogen) atoms. The smallest absolute Gasteiger partial charge is 0.303 e. The molecule has 1 aliphatic rings. The van der Waals surface area contributed by atoms with Crippen molar-refractivity contribution in [3.8, 4) is 0 Å². The van der Waals surface area contributed by atoms with Gasteiger partial charge in [0.15, 0.2) is 41.2 Å². The largest absolute Gasteiger partial charge is 0.463 e. The Hall–Kier alpha value is -3.69. The lowest BCUT2D eigenvalue weighted by Crippen LogP contribution is -2.40. The predicted molar refractivity (Wildman–Crippen MR) is 127 cm³/mol. The van der Waals surface area contributed by atoms with Crippen molar-refractivity contribution in [1.82, 2.24) is 19.5 Å². The highest BCUT2D eigenvalue weighted by molar-refractivity contribution is 5.95. The van der Waals surface area contributed by atoms with Crippen molar-refractivity contribution in [2.45, 2.75) is 72.4 Å². The number of nitrogens with one attached hydrogen (secondary N) is 1. The van der Waals surface area contributed by atoms with Crippen molar-refractivity contribution in [3.63, 3.8) is 0 Å². The van der Waals surface area contributed by atoms with Gasteiger partial charge in [0.25, 0.3) is 0 Å². The molecule has 4 atom stereocenters. The van der Waals surface area contributed by atoms with Gasteiger partial charge in [0.2, 0.25) is 12.2 Å². The van der Waals surface area contributed by atoms with Gasteiger partial charge in [-0.2, -0.15) is 0 Å². The zero-order chi connectivity index (χ0) is 28.0. The highest BCUT2D eigenvalue weighted by atomic mass is 16.7. The summed E-state index contributed by atoms with van der Waals surface area (Å²) in [6.45, 7) is 8.78. The SMILES string of the molecule is CCOC(OCC)c1nc(NC(C)=O)c2ncn([C@@H]3O[C@H](COC(C)=O)C(OC(C)=O)[C@@H]3OC(C)=O)c2n1. The van der Waals surface area contributed by atoms with Crippen molar-refractivity contribution >= 4 is 40.8 Å². The van der Waals surface area contributed by atoms with Gasteiger partial charge in [-0.3, -0.25) is 23.7 Å². The van der Waals surface area contributed by atoms with Crippen LogP contribution in [0.4, 0.5) is 5.82 Å². The van der Waals surface area contributed by atoms with E-state index in [1.807, 2.05) is 0 Å². The van der Waals surface area contributed by atoms with Gasteiger partial charge in [0.05, 0.1) is 6.33 Å². The summed E-state index contributed by atoms with van der Waals surface area (Å²) >= 11 is 0. The lowest BCUT2D eigenvalue weighted by atomic mass is 10.1. The standard InChI is InChI=1S/C23H31N5O10/c1-7-33-23(34-8-2)20-26-19(25-11(3)29)16-21(27-20)28(10-24-16)22-18(37-14(6)32)17(36-13(5)31)15(38-22)9-35-12(4)30/h10,15,17-18,22-23H,7-9H2,1-6H3,(H,25,26,27,29)/t15-,17?,18+,22-/m1/s1. The summed E-state index contributed by atoms with van der Waals surface area (Å²) in [4.78, 5) is 60.5. The molecule has 2 aromatic heterocycles. The van der Waals surface area contributed by atoms with Crippen LogP contribution in [0.1, 0.15) is 59.9 Å². The first kappa shape index (κ1) is 28.9. The second kappa shape index (κ2) is 12.7. The minimum Gasteiger partial charge on any atom is -0.463 e. The molecule has 0 spiro atoms. The van der Waals surface area contributed by atoms with Crippen molar-refractivity contribution in [1.29, 1.82) is 0 Å². The summed E-state index contributed by atoms with van der Waals surface area (Å²) in [5.41, 5.74) is 0.383. The first-order chi connectivity index (χ1) is 18.0. The Morgan fingerprint density at radius 2 is 1.61 bits per heavy atom. The van der Waals surface area contributed by atoms with Gasteiger partial charge in [-0.25, -0.2) is 15.0 Å². The monoisotopic (exact) mass is 537 g/mol. The lowest BCUT2D eigenvalue weighted by molar-refractivity contribution is -0.166. The molecule has 0 aromatic carbocycles. The second-order valence-electron chi connectivity index (χ2n) is 8.19. The zero-order valence-corrected chi connectivity index (χ0v) is 22.0. The number of esters is 3. The Morgan fingerprint density at radius 1 is 0.974 bits per heavy atom. The molecule has 1 aliphatic heterocycles. The summed E-state index contributed by atoms with van der Waals surface area (Å²) in [7, 11) is 0. The number of nitrogens with zero attached hydrogens (tertiary/aromatic N) is 4. The van der Waals surface area contributed by atoms with Crippen LogP contribution in [0, 0.1) is 0 Å². The topological polar surface area (TPSA) is 179 Å². The highest BCUT2D eigenvalue weighted by Crippen LogP contribution is 2.37. The molecule has 1 saturated heterocycles. The van der Waals surface area contributed by atoms with E-state index in [1.54, 1.807) is 13.8 Å². The Balaban J connectivity index is 2.15. The number of carbonyl (C=O) groups is 4. The molecule has 1 unspecified atom stereocenters. The van der Waals surface area contributed by atoms with Gasteiger partial charge in [-0.05, 0) is 13.8 Å². The number of ether oxygens (including phenoxy) is 6. The number of hydrogen-bond donors (Lipinski definition) is 1. The average Bonchev–Trinajstić information content (AvgIpc) is 3.38. The molecule has 1 N–H and O–H groups in total. The van der Waals surface area contributed by atoms with E-state index in [1.165, 1.54) is 38.6 Å². The van der Waals surface area contributed by atoms with E-state index in [0.717, 1.165) is 0 Å². The molecule has 0 bridgehead atoms. The van der Waals surface area contributed by atoms with Crippen LogP contribution in [0.25, 0.3) is 11.2 Å². The maximum absolute atomic E-state index is 12.0. The van der Waals surface area contributed by atoms with Crippen molar-refractivity contribution in [2.75, 3.05) is 25.1 Å². The molecule has 0 saturated carbocycles. The Bertz CT molecular complexity index is 1180. The van der Waals surface area contributed by atoms with E-state index >= 15 is 0 Å². The number of imidazole rings is 1. The quantitative estimate of drug-likeness (QED) is 0.245. The first-order valence-electron chi connectivity index (χ1n) is 11.9. The molecule has 0 radical (unpaired) electrons. The van der Waals surface area contributed by atoms with E-state index < -0.39 is 54.6 Å². The van der Waals surface area contributed by atoms with Crippen LogP contribution in [-0.4, -0.2) is 81.5 Å². The normalized spacial score (nSPS) is 20.9. The van der Waals surface area contributed by atoms with E-state index in [-0.39, 0.29) is 29.4 Å². The molecule has 15 heteroatoms. The number of aromatic nitrogens is 4. The summed E-state index contributed by atoms with van der Waals surface area (Å²) < 4.78 is 34.8. The number of amides is 1. The summed E-state index contributed by atoms with van der Waals surface area (Å²) in [6.07, 6.45) is -3.97. The molecular formula is C23H31N5O10. The van der Waals surface area contributed by atoms with Gasteiger partial charge in [0.1, 0.15) is 12.7 Å². The van der Waals surface area contributed by atoms with Gasteiger partial charge in [0, 0.05) is 40.9 Å². The van der Waals surface area contributed by atoms with Gasteiger partial charge < -0.3 is 33.7 Å². The zero-order valence-electron chi connectivity index (χ0n) is 22.0. The summed E-state index contributed by atoms with van der Waals surface area (Å²) in [6, 6.07) is 0. The average molecular weight is 538 g/mol. The third-order valence-electron chi connectivity index (χ3n) is 5.19. The van der Waals surface area contributed by atoms with E-state index in [9.17, 15) is 19.2 Å². The van der Waals surface area contributed by atoms with Gasteiger partial charge in [-0.15, -0.1) is 0 Å². The number of anilines is 1. The maximum atomic E-state index is 12.0. The van der Waals surface area contributed by atoms with Crippen LogP contribution in [0.2, 0.25) is 0 Å². The molecule has 208 valence electrons. The third kappa shape index (κ3) is 6.79. The first-order valence-corrected chi connectivity index (χ1v) is 11.9. The number of hydrogen-bond acceptors (Lipinski definition) is 13. The lowest BCUT2D eigenvalue weighted by Gasteiger charge is -2.24. The summed E-state index contributed by atoms with van der Waals surface area (Å²) in [5.74, 6) is -2.11. The molecule has 15 nitrogen and oxygen atoms in total. The fourth-order valence-corrected chi connectivity index (χ4v) is 3.90. The molecule has 2 aromatic rings. The number of fused-ring (bicyclic) bond motifs is 1. The number of carbonyl (C=O) groups excluding carboxylic acids is 4. The highest BCUT2D eigenvalue weighted by Gasteiger charge is 2.51. The molecule has 0 aliphatic carbocycles. The van der Waals surface area contributed by atoms with Crippen LogP contribution >= 0.6 is 0 Å². The molecular weight excluding hydrogens is 506 g/mol. The van der Waals surface area contributed by atoms with E-state index in [0.29, 0.717) is 13.2 Å². The molecule has 3 rings (SSSR count). The minimum absolute atomic E-state index is 0.0932. The van der Waals surface area contributed by atoms with Crippen LogP contribution in [-0.2, 0) is 47.6 Å². The Morgan fingerprint density at radius 3 is 2.16 bits per heavy atom. The van der Waals surface area contributed by atoms with Crippen molar-refractivity contribution in [3.05, 3.63) is 12.2 Å². The van der Waals surface area contributed by atoms with Gasteiger partial charge >= 0.3 is 17.9 Å². The minimum atomic E-state index is -1.16. The van der Waals surface area contributed by atoms with Crippen LogP contribution in [0.3, 0.4) is 0 Å². The third-order valence-corrected chi connectivity index (χ3v) is 5.19. The Labute approximate surface area is 218 Å². The second-order valence-corrected chi connectivity index (χ2v) is 8.19. The molecule has 1 amide bonds. The van der Waals surface area contributed by atoms with E-state index in [4.69, 9.17) is 28.4 Å². The number of rotatable bonds is 11. The van der Waals surface area contributed by atoms with Crippen LogP contribution < -0.4 is 5.32 Å². The van der Waals surface area contributed by atoms with Crippen LogP contribution in [0.5, 0.6) is 0 Å². The van der Waals surface area contributed by atoms with Crippen molar-refractivity contribution < 1.29 is 47.6 Å². The molecule has 1 fully saturated rings. The van der Waals surface area contributed by atoms with E-state index in [2.05, 4.69) is 20.3 Å². The predicted octanol–water partition coefficient (Wildman–Crippen LogP) is 1.18. The van der Waals surface area contributed by atoms with Crippen LogP contribution in [0.15, 0.2) is 6.33 Å². The Kier molecular flexibility index (Phi) is 9.66. The van der Waals surface area contributed by atoms with Gasteiger partial charge in [-0.1, -0.05) is 0 Å².